The highest BCUT2D eigenvalue weighted by atomic mass is 19.1. The molecular formula is C18H19FN6O. The number of nitrogens with zero attached hydrogens (tertiary/aromatic N) is 5. The highest BCUT2D eigenvalue weighted by molar-refractivity contribution is 5.94. The Morgan fingerprint density at radius 1 is 1.27 bits per heavy atom. The number of anilines is 1. The lowest BCUT2D eigenvalue weighted by Crippen LogP contribution is -2.32. The number of carbonyl (C=O) groups is 1. The second-order valence-corrected chi connectivity index (χ2v) is 6.56. The highest BCUT2D eigenvalue weighted by Crippen LogP contribution is 2.22. The molecule has 1 saturated heterocycles. The Kier molecular flexibility index (Phi) is 4.34. The van der Waals surface area contributed by atoms with Gasteiger partial charge in [-0.15, -0.1) is 0 Å². The summed E-state index contributed by atoms with van der Waals surface area (Å²) in [5, 5.41) is 8.76. The normalized spacial score (nSPS) is 17.7. The largest absolute Gasteiger partial charge is 0.310 e. The van der Waals surface area contributed by atoms with Gasteiger partial charge in [0.2, 0.25) is 5.91 Å². The van der Waals surface area contributed by atoms with E-state index in [0.29, 0.717) is 25.3 Å². The zero-order valence-corrected chi connectivity index (χ0v) is 14.4. The molecule has 0 aromatic carbocycles. The van der Waals surface area contributed by atoms with Crippen LogP contribution < -0.4 is 5.32 Å². The quantitative estimate of drug-likeness (QED) is 0.776. The number of carbonyl (C=O) groups excluding carboxylic acids is 1. The van der Waals surface area contributed by atoms with Crippen molar-refractivity contribution in [1.82, 2.24) is 24.6 Å². The lowest BCUT2D eigenvalue weighted by Gasteiger charge is -2.14. The number of aromatic nitrogens is 4. The molecule has 4 rings (SSSR count). The average Bonchev–Trinajstić information content (AvgIpc) is 3.22. The molecule has 1 amide bonds. The first kappa shape index (κ1) is 16.6. The summed E-state index contributed by atoms with van der Waals surface area (Å²) in [5.74, 6) is 0.286. The van der Waals surface area contributed by atoms with Gasteiger partial charge < -0.3 is 5.32 Å². The van der Waals surface area contributed by atoms with E-state index in [-0.39, 0.29) is 12.5 Å². The van der Waals surface area contributed by atoms with E-state index in [0.717, 1.165) is 22.0 Å². The maximum atomic E-state index is 13.2. The van der Waals surface area contributed by atoms with Gasteiger partial charge in [-0.1, -0.05) is 0 Å². The van der Waals surface area contributed by atoms with Crippen LogP contribution in [0.2, 0.25) is 0 Å². The van der Waals surface area contributed by atoms with Gasteiger partial charge in [-0.25, -0.2) is 9.37 Å². The topological polar surface area (TPSA) is 75.9 Å². The second kappa shape index (κ2) is 6.80. The van der Waals surface area contributed by atoms with Gasteiger partial charge in [-0.05, 0) is 23.9 Å². The molecule has 3 aromatic heterocycles. The van der Waals surface area contributed by atoms with Gasteiger partial charge in [0, 0.05) is 49.7 Å². The van der Waals surface area contributed by atoms with Crippen LogP contribution in [0.1, 0.15) is 6.42 Å². The molecule has 8 heteroatoms. The summed E-state index contributed by atoms with van der Waals surface area (Å²) in [4.78, 5) is 22.7. The number of amides is 1. The Balaban J connectivity index is 1.51. The predicted molar refractivity (Wildman–Crippen MR) is 96.3 cm³/mol. The molecule has 26 heavy (non-hydrogen) atoms. The van der Waals surface area contributed by atoms with Crippen LogP contribution in [-0.4, -0.2) is 56.4 Å². The monoisotopic (exact) mass is 354 g/mol. The number of halogens is 1. The minimum Gasteiger partial charge on any atom is -0.310 e. The molecule has 1 atom stereocenters. The van der Waals surface area contributed by atoms with Crippen molar-refractivity contribution in [2.24, 2.45) is 7.05 Å². The summed E-state index contributed by atoms with van der Waals surface area (Å²) in [6.45, 7) is 1.11. The van der Waals surface area contributed by atoms with Gasteiger partial charge in [0.15, 0.2) is 0 Å². The first-order valence-electron chi connectivity index (χ1n) is 8.48. The summed E-state index contributed by atoms with van der Waals surface area (Å²) >= 11 is 0. The maximum Gasteiger partial charge on any atom is 0.239 e. The van der Waals surface area contributed by atoms with E-state index in [1.54, 1.807) is 23.3 Å². The Labute approximate surface area is 149 Å². The molecule has 0 unspecified atom stereocenters. The molecule has 3 aromatic rings. The molecule has 0 aliphatic carbocycles. The molecule has 0 radical (unpaired) electrons. The van der Waals surface area contributed by atoms with Gasteiger partial charge in [0.05, 0.1) is 18.4 Å². The summed E-state index contributed by atoms with van der Waals surface area (Å²) in [5.41, 5.74) is 1.73. The van der Waals surface area contributed by atoms with Crippen molar-refractivity contribution in [3.63, 3.8) is 0 Å². The fourth-order valence-corrected chi connectivity index (χ4v) is 3.13. The number of rotatable bonds is 4. The van der Waals surface area contributed by atoms with Crippen LogP contribution in [0.3, 0.4) is 0 Å². The van der Waals surface area contributed by atoms with E-state index >= 15 is 0 Å². The van der Waals surface area contributed by atoms with E-state index in [9.17, 15) is 9.18 Å². The maximum absolute atomic E-state index is 13.2. The van der Waals surface area contributed by atoms with Crippen LogP contribution in [0.4, 0.5) is 10.2 Å². The van der Waals surface area contributed by atoms with Crippen molar-refractivity contribution < 1.29 is 9.18 Å². The van der Waals surface area contributed by atoms with E-state index in [1.807, 2.05) is 30.3 Å². The molecule has 0 bridgehead atoms. The Hall–Kier alpha value is -2.87. The number of nitrogens with one attached hydrogen (secondary N) is 1. The van der Waals surface area contributed by atoms with E-state index in [2.05, 4.69) is 20.4 Å². The van der Waals surface area contributed by atoms with Crippen LogP contribution in [0.15, 0.2) is 36.9 Å². The SMILES string of the molecule is Cn1cc(-c2cc3cc(NC(=O)CN4CC[C@H](F)C4)ncc3cn2)cn1. The summed E-state index contributed by atoms with van der Waals surface area (Å²) in [6, 6.07) is 3.76. The van der Waals surface area contributed by atoms with Crippen LogP contribution in [0, 0.1) is 0 Å². The average molecular weight is 354 g/mol. The van der Waals surface area contributed by atoms with Gasteiger partial charge in [0.1, 0.15) is 12.0 Å². The lowest BCUT2D eigenvalue weighted by atomic mass is 10.1. The van der Waals surface area contributed by atoms with Gasteiger partial charge >= 0.3 is 0 Å². The number of likely N-dealkylation sites (tertiary alicyclic amines) is 1. The molecular weight excluding hydrogens is 335 g/mol. The Bertz CT molecular complexity index is 956. The zero-order chi connectivity index (χ0) is 18.1. The van der Waals surface area contributed by atoms with Crippen LogP contribution in [-0.2, 0) is 11.8 Å². The zero-order valence-electron chi connectivity index (χ0n) is 14.4. The van der Waals surface area contributed by atoms with Crippen molar-refractivity contribution >= 4 is 22.5 Å². The first-order chi connectivity index (χ1) is 12.6. The Morgan fingerprint density at radius 2 is 2.12 bits per heavy atom. The first-order valence-corrected chi connectivity index (χ1v) is 8.48. The number of aryl methyl sites for hydroxylation is 1. The molecule has 0 spiro atoms. The molecule has 1 aliphatic heterocycles. The van der Waals surface area contributed by atoms with Crippen LogP contribution >= 0.6 is 0 Å². The standard InChI is InChI=1S/C18H19FN6O/c1-24-9-14(8-22-24)16-4-12-5-17(21-7-13(12)6-20-16)23-18(26)11-25-3-2-15(19)10-25/h4-9,15H,2-3,10-11H2,1H3,(H,21,23,26)/t15-/m0/s1. The summed E-state index contributed by atoms with van der Waals surface area (Å²) < 4.78 is 14.9. The minimum absolute atomic E-state index is 0.178. The smallest absolute Gasteiger partial charge is 0.239 e. The van der Waals surface area contributed by atoms with E-state index < -0.39 is 6.17 Å². The molecule has 1 N–H and O–H groups in total. The van der Waals surface area contributed by atoms with Gasteiger partial charge in [0.25, 0.3) is 0 Å². The number of pyridine rings is 2. The van der Waals surface area contributed by atoms with Crippen LogP contribution in [0.25, 0.3) is 22.0 Å². The predicted octanol–water partition coefficient (Wildman–Crippen LogP) is 2.01. The third-order valence-corrected chi connectivity index (χ3v) is 4.45. The second-order valence-electron chi connectivity index (χ2n) is 6.56. The number of fused-ring (bicyclic) bond motifs is 1. The molecule has 0 saturated carbocycles. The Morgan fingerprint density at radius 3 is 2.85 bits per heavy atom. The van der Waals surface area contributed by atoms with Crippen molar-refractivity contribution in [1.29, 1.82) is 0 Å². The molecule has 1 aliphatic rings. The third-order valence-electron chi connectivity index (χ3n) is 4.45. The summed E-state index contributed by atoms with van der Waals surface area (Å²) in [6.07, 6.45) is 6.74. The number of alkyl halides is 1. The van der Waals surface area contributed by atoms with Crippen molar-refractivity contribution in [2.75, 3.05) is 25.0 Å². The molecule has 134 valence electrons. The third kappa shape index (κ3) is 3.55. The number of hydrogen-bond donors (Lipinski definition) is 1. The molecule has 1 fully saturated rings. The fraction of sp³-hybridized carbons (Fsp3) is 0.333. The summed E-state index contributed by atoms with van der Waals surface area (Å²) in [7, 11) is 1.85. The van der Waals surface area contributed by atoms with Gasteiger partial charge in [-0.2, -0.15) is 5.10 Å². The van der Waals surface area contributed by atoms with E-state index in [4.69, 9.17) is 0 Å². The fourth-order valence-electron chi connectivity index (χ4n) is 3.13. The molecule has 4 heterocycles. The highest BCUT2D eigenvalue weighted by Gasteiger charge is 2.23. The van der Waals surface area contributed by atoms with E-state index in [1.165, 1.54) is 0 Å². The minimum atomic E-state index is -0.833. The molecule has 7 nitrogen and oxygen atoms in total. The number of hydrogen-bond acceptors (Lipinski definition) is 5. The van der Waals surface area contributed by atoms with Crippen molar-refractivity contribution in [2.45, 2.75) is 12.6 Å². The van der Waals surface area contributed by atoms with Crippen LogP contribution in [0.5, 0.6) is 0 Å². The van der Waals surface area contributed by atoms with Gasteiger partial charge in [-0.3, -0.25) is 19.4 Å². The lowest BCUT2D eigenvalue weighted by molar-refractivity contribution is -0.117. The van der Waals surface area contributed by atoms with Crippen molar-refractivity contribution in [3.05, 3.63) is 36.9 Å². The van der Waals surface area contributed by atoms with Crippen molar-refractivity contribution in [3.8, 4) is 11.3 Å².